The lowest BCUT2D eigenvalue weighted by atomic mass is 10.0. The number of hydrogen-bond donors (Lipinski definition) is 0. The topological polar surface area (TPSA) is 93.9 Å². The van der Waals surface area contributed by atoms with E-state index in [0.29, 0.717) is 16.5 Å². The van der Waals surface area contributed by atoms with Crippen LogP contribution in [0, 0.1) is 5.82 Å². The standard InChI is InChI=1S/C24H24FNO6S/c1-3-26(4-2)33(29,30)22-12-17(8-9-20(22)25)24(28)31-14-18-13-23(27)32-21-11-16-7-5-6-15(16)10-19(18)21/h8-13H,3-7,14H2,1-2H3. The number of hydrogen-bond acceptors (Lipinski definition) is 6. The number of benzene rings is 2. The van der Waals surface area contributed by atoms with E-state index in [1.54, 1.807) is 13.8 Å². The third kappa shape index (κ3) is 4.43. The molecular formula is C24H24FNO6S. The van der Waals surface area contributed by atoms with Crippen LogP contribution in [0.2, 0.25) is 0 Å². The Labute approximate surface area is 190 Å². The van der Waals surface area contributed by atoms with Crippen molar-refractivity contribution >= 4 is 27.0 Å². The minimum Gasteiger partial charge on any atom is -0.457 e. The van der Waals surface area contributed by atoms with Crippen LogP contribution in [0.4, 0.5) is 4.39 Å². The van der Waals surface area contributed by atoms with Crippen molar-refractivity contribution in [1.82, 2.24) is 4.31 Å². The molecule has 2 aromatic carbocycles. The minimum absolute atomic E-state index is 0.102. The Morgan fingerprint density at radius 2 is 1.79 bits per heavy atom. The molecule has 0 N–H and O–H groups in total. The molecule has 0 radical (unpaired) electrons. The van der Waals surface area contributed by atoms with Crippen LogP contribution in [0.5, 0.6) is 0 Å². The van der Waals surface area contributed by atoms with E-state index in [2.05, 4.69) is 0 Å². The number of halogens is 1. The molecule has 0 atom stereocenters. The number of aryl methyl sites for hydroxylation is 2. The molecule has 9 heteroatoms. The Morgan fingerprint density at radius 1 is 1.09 bits per heavy atom. The molecule has 1 aliphatic carbocycles. The van der Waals surface area contributed by atoms with Gasteiger partial charge in [-0.1, -0.05) is 13.8 Å². The van der Waals surface area contributed by atoms with E-state index >= 15 is 0 Å². The van der Waals surface area contributed by atoms with Gasteiger partial charge in [-0.15, -0.1) is 0 Å². The zero-order valence-electron chi connectivity index (χ0n) is 18.4. The monoisotopic (exact) mass is 473 g/mol. The summed E-state index contributed by atoms with van der Waals surface area (Å²) in [5.74, 6) is -1.77. The average Bonchev–Trinajstić information content (AvgIpc) is 3.24. The summed E-state index contributed by atoms with van der Waals surface area (Å²) in [6.45, 7) is 3.41. The van der Waals surface area contributed by atoms with Gasteiger partial charge in [0.25, 0.3) is 0 Å². The van der Waals surface area contributed by atoms with Crippen LogP contribution in [0.1, 0.15) is 47.3 Å². The highest BCUT2D eigenvalue weighted by Gasteiger charge is 2.27. The third-order valence-electron chi connectivity index (χ3n) is 5.89. The summed E-state index contributed by atoms with van der Waals surface area (Å²) < 4.78 is 51.6. The van der Waals surface area contributed by atoms with Crippen LogP contribution < -0.4 is 5.63 Å². The number of esters is 1. The molecule has 0 amide bonds. The SMILES string of the molecule is CCN(CC)S(=O)(=O)c1cc(C(=O)OCc2cc(=O)oc3cc4c(cc23)CCC4)ccc1F. The van der Waals surface area contributed by atoms with Crippen molar-refractivity contribution in [2.24, 2.45) is 0 Å². The predicted molar refractivity (Wildman–Crippen MR) is 120 cm³/mol. The highest BCUT2D eigenvalue weighted by molar-refractivity contribution is 7.89. The number of sulfonamides is 1. The van der Waals surface area contributed by atoms with E-state index in [4.69, 9.17) is 9.15 Å². The minimum atomic E-state index is -4.10. The quantitative estimate of drug-likeness (QED) is 0.383. The van der Waals surface area contributed by atoms with Crippen LogP contribution in [0.3, 0.4) is 0 Å². The van der Waals surface area contributed by atoms with Crippen molar-refractivity contribution in [3.8, 4) is 0 Å². The van der Waals surface area contributed by atoms with Crippen molar-refractivity contribution in [2.45, 2.75) is 44.6 Å². The van der Waals surface area contributed by atoms with Crippen LogP contribution in [0.15, 0.2) is 50.5 Å². The molecule has 33 heavy (non-hydrogen) atoms. The van der Waals surface area contributed by atoms with Crippen LogP contribution in [-0.4, -0.2) is 31.8 Å². The molecule has 0 saturated carbocycles. The van der Waals surface area contributed by atoms with Crippen molar-refractivity contribution in [3.05, 3.63) is 74.9 Å². The summed E-state index contributed by atoms with van der Waals surface area (Å²) in [5.41, 5.74) is 2.59. The van der Waals surface area contributed by atoms with Crippen molar-refractivity contribution in [3.63, 3.8) is 0 Å². The van der Waals surface area contributed by atoms with E-state index in [-0.39, 0.29) is 25.3 Å². The number of ether oxygens (including phenoxy) is 1. The van der Waals surface area contributed by atoms with Crippen molar-refractivity contribution in [2.75, 3.05) is 13.1 Å². The smallest absolute Gasteiger partial charge is 0.338 e. The number of fused-ring (bicyclic) bond motifs is 2. The van der Waals surface area contributed by atoms with Gasteiger partial charge in [-0.05, 0) is 60.7 Å². The molecule has 1 aromatic heterocycles. The van der Waals surface area contributed by atoms with Gasteiger partial charge in [0.15, 0.2) is 0 Å². The molecular weight excluding hydrogens is 449 g/mol. The number of nitrogens with zero attached hydrogens (tertiary/aromatic N) is 1. The second kappa shape index (κ2) is 9.07. The first-order valence-corrected chi connectivity index (χ1v) is 12.2. The van der Waals surface area contributed by atoms with Crippen LogP contribution >= 0.6 is 0 Å². The van der Waals surface area contributed by atoms with Gasteiger partial charge in [0, 0.05) is 30.1 Å². The highest BCUT2D eigenvalue weighted by atomic mass is 32.2. The number of carbonyl (C=O) groups excluding carboxylic acids is 1. The molecule has 1 heterocycles. The molecule has 0 bridgehead atoms. The molecule has 0 spiro atoms. The summed E-state index contributed by atoms with van der Waals surface area (Å²) in [5, 5.41) is 0.687. The third-order valence-corrected chi connectivity index (χ3v) is 7.96. The summed E-state index contributed by atoms with van der Waals surface area (Å²) in [7, 11) is -4.10. The fraction of sp³-hybridized carbons (Fsp3) is 0.333. The predicted octanol–water partition coefficient (Wildman–Crippen LogP) is 3.81. The molecule has 174 valence electrons. The summed E-state index contributed by atoms with van der Waals surface area (Å²) in [4.78, 5) is 24.1. The fourth-order valence-electron chi connectivity index (χ4n) is 4.17. The Balaban J connectivity index is 1.61. The van der Waals surface area contributed by atoms with Gasteiger partial charge in [-0.25, -0.2) is 22.4 Å². The zero-order valence-corrected chi connectivity index (χ0v) is 19.2. The summed E-state index contributed by atoms with van der Waals surface area (Å²) in [6.07, 6.45) is 2.89. The van der Waals surface area contributed by atoms with Gasteiger partial charge in [0.1, 0.15) is 22.9 Å². The van der Waals surface area contributed by atoms with E-state index in [1.165, 1.54) is 17.7 Å². The fourth-order valence-corrected chi connectivity index (χ4v) is 5.72. The molecule has 0 fully saturated rings. The van der Waals surface area contributed by atoms with Gasteiger partial charge in [-0.2, -0.15) is 4.31 Å². The molecule has 1 aliphatic rings. The van der Waals surface area contributed by atoms with Crippen molar-refractivity contribution < 1.29 is 26.8 Å². The first-order valence-electron chi connectivity index (χ1n) is 10.8. The van der Waals surface area contributed by atoms with Gasteiger partial charge in [-0.3, -0.25) is 0 Å². The number of rotatable bonds is 7. The van der Waals surface area contributed by atoms with Crippen LogP contribution in [-0.2, 0) is 34.2 Å². The summed E-state index contributed by atoms with van der Waals surface area (Å²) >= 11 is 0. The van der Waals surface area contributed by atoms with Gasteiger partial charge >= 0.3 is 11.6 Å². The molecule has 0 unspecified atom stereocenters. The first-order chi connectivity index (χ1) is 15.7. The lowest BCUT2D eigenvalue weighted by Crippen LogP contribution is -2.31. The normalized spacial score (nSPS) is 13.5. The Kier molecular flexibility index (Phi) is 6.36. The Morgan fingerprint density at radius 3 is 2.48 bits per heavy atom. The molecule has 0 aliphatic heterocycles. The van der Waals surface area contributed by atoms with Gasteiger partial charge in [0.05, 0.1) is 5.56 Å². The maximum atomic E-state index is 14.3. The summed E-state index contributed by atoms with van der Waals surface area (Å²) in [6, 6.07) is 8.17. The molecule has 3 aromatic rings. The van der Waals surface area contributed by atoms with Gasteiger partial charge in [0.2, 0.25) is 10.0 Å². The molecule has 4 rings (SSSR count). The first kappa shape index (κ1) is 23.1. The highest BCUT2D eigenvalue weighted by Crippen LogP contribution is 2.29. The van der Waals surface area contributed by atoms with Gasteiger partial charge < -0.3 is 9.15 Å². The second-order valence-electron chi connectivity index (χ2n) is 7.87. The lowest BCUT2D eigenvalue weighted by Gasteiger charge is -2.19. The zero-order chi connectivity index (χ0) is 23.8. The van der Waals surface area contributed by atoms with E-state index < -0.39 is 32.3 Å². The second-order valence-corrected chi connectivity index (χ2v) is 9.78. The molecule has 0 saturated heterocycles. The Hall–Kier alpha value is -3.04. The number of carbonyl (C=O) groups is 1. The van der Waals surface area contributed by atoms with Crippen molar-refractivity contribution in [1.29, 1.82) is 0 Å². The van der Waals surface area contributed by atoms with E-state index in [1.807, 2.05) is 12.1 Å². The van der Waals surface area contributed by atoms with Crippen LogP contribution in [0.25, 0.3) is 11.0 Å². The lowest BCUT2D eigenvalue weighted by molar-refractivity contribution is 0.0473. The Bertz CT molecular complexity index is 1390. The maximum Gasteiger partial charge on any atom is 0.338 e. The maximum absolute atomic E-state index is 14.3. The molecule has 7 nitrogen and oxygen atoms in total. The average molecular weight is 474 g/mol. The van der Waals surface area contributed by atoms with E-state index in [9.17, 15) is 22.4 Å². The largest absolute Gasteiger partial charge is 0.457 e. The van der Waals surface area contributed by atoms with E-state index in [0.717, 1.165) is 41.3 Å².